The number of thioether (sulfide) groups is 1. The molecular formula is C18H17ClFN5S. The van der Waals surface area contributed by atoms with Crippen LogP contribution in [0.5, 0.6) is 0 Å². The Bertz CT molecular complexity index is 876. The van der Waals surface area contributed by atoms with Crippen LogP contribution < -0.4 is 5.32 Å². The molecule has 0 spiro atoms. The second-order valence-corrected chi connectivity index (χ2v) is 6.64. The van der Waals surface area contributed by atoms with Gasteiger partial charge in [0.1, 0.15) is 5.82 Å². The summed E-state index contributed by atoms with van der Waals surface area (Å²) in [5, 5.41) is 4.09. The van der Waals surface area contributed by atoms with Gasteiger partial charge < -0.3 is 5.32 Å². The third-order valence-electron chi connectivity index (χ3n) is 3.75. The van der Waals surface area contributed by atoms with Gasteiger partial charge in [0.05, 0.1) is 11.9 Å². The Kier molecular flexibility index (Phi) is 6.35. The summed E-state index contributed by atoms with van der Waals surface area (Å²) in [5.74, 6) is 0.370. The number of anilines is 1. The van der Waals surface area contributed by atoms with Crippen molar-refractivity contribution in [1.82, 2.24) is 19.9 Å². The summed E-state index contributed by atoms with van der Waals surface area (Å²) in [7, 11) is 0. The van der Waals surface area contributed by atoms with Crippen LogP contribution >= 0.6 is 23.4 Å². The Morgan fingerprint density at radius 2 is 1.81 bits per heavy atom. The number of nitrogens with zero attached hydrogens (tertiary/aromatic N) is 4. The van der Waals surface area contributed by atoms with Gasteiger partial charge in [-0.1, -0.05) is 36.0 Å². The molecule has 2 aromatic heterocycles. The van der Waals surface area contributed by atoms with E-state index < -0.39 is 5.82 Å². The first kappa shape index (κ1) is 18.5. The number of hydrogen-bond acceptors (Lipinski definition) is 6. The summed E-state index contributed by atoms with van der Waals surface area (Å²) < 4.78 is 13.6. The van der Waals surface area contributed by atoms with Crippen LogP contribution in [-0.4, -0.2) is 26.2 Å². The van der Waals surface area contributed by atoms with Gasteiger partial charge in [0, 0.05) is 12.7 Å². The molecule has 1 aromatic carbocycles. The van der Waals surface area contributed by atoms with E-state index in [-0.39, 0.29) is 5.28 Å². The molecule has 0 saturated carbocycles. The topological polar surface area (TPSA) is 63.6 Å². The quantitative estimate of drug-likeness (QED) is 0.483. The summed E-state index contributed by atoms with van der Waals surface area (Å²) >= 11 is 7.22. The van der Waals surface area contributed by atoms with Crippen molar-refractivity contribution in [2.24, 2.45) is 0 Å². The van der Waals surface area contributed by atoms with Crippen molar-refractivity contribution in [3.05, 3.63) is 70.6 Å². The van der Waals surface area contributed by atoms with Crippen LogP contribution in [0.15, 0.2) is 47.9 Å². The van der Waals surface area contributed by atoms with Crippen LogP contribution in [0.2, 0.25) is 5.28 Å². The molecule has 0 saturated heterocycles. The molecule has 1 N–H and O–H groups in total. The van der Waals surface area contributed by atoms with E-state index in [1.165, 1.54) is 11.8 Å². The first-order valence-electron chi connectivity index (χ1n) is 7.99. The maximum Gasteiger partial charge on any atom is 0.222 e. The highest BCUT2D eigenvalue weighted by Crippen LogP contribution is 2.14. The zero-order valence-corrected chi connectivity index (χ0v) is 15.7. The molecule has 8 heteroatoms. The number of aromatic nitrogens is 4. The first-order chi connectivity index (χ1) is 12.6. The Morgan fingerprint density at radius 3 is 2.58 bits per heavy atom. The van der Waals surface area contributed by atoms with Crippen molar-refractivity contribution in [3.63, 3.8) is 0 Å². The highest BCUT2D eigenvalue weighted by atomic mass is 35.5. The Hall–Kier alpha value is -2.25. The minimum atomic E-state index is -0.426. The predicted molar refractivity (Wildman–Crippen MR) is 102 cm³/mol. The van der Waals surface area contributed by atoms with E-state index in [4.69, 9.17) is 11.6 Å². The molecule has 134 valence electrons. The molecule has 0 fully saturated rings. The van der Waals surface area contributed by atoms with E-state index in [9.17, 15) is 4.39 Å². The molecule has 3 rings (SSSR count). The Morgan fingerprint density at radius 1 is 1.04 bits per heavy atom. The van der Waals surface area contributed by atoms with Gasteiger partial charge in [-0.15, -0.1) is 0 Å². The van der Waals surface area contributed by atoms with Crippen molar-refractivity contribution in [1.29, 1.82) is 0 Å². The standard InChI is InChI=1S/C18H17ClFN5S/c1-26-18-21-9-8-16(25-18)22-10-13-4-2-12(3-5-13)6-7-15-14(20)11-23-17(19)24-15/h2-5,8-9,11H,6-7,10H2,1H3,(H,21,22,25). The monoisotopic (exact) mass is 389 g/mol. The lowest BCUT2D eigenvalue weighted by Crippen LogP contribution is -2.03. The zero-order valence-electron chi connectivity index (χ0n) is 14.1. The van der Waals surface area contributed by atoms with E-state index in [1.807, 2.05) is 36.6 Å². The van der Waals surface area contributed by atoms with Gasteiger partial charge in [0.15, 0.2) is 11.0 Å². The number of hydrogen-bond donors (Lipinski definition) is 1. The highest BCUT2D eigenvalue weighted by molar-refractivity contribution is 7.98. The van der Waals surface area contributed by atoms with E-state index in [2.05, 4.69) is 25.3 Å². The number of aryl methyl sites for hydroxylation is 2. The predicted octanol–water partition coefficient (Wildman–Crippen LogP) is 4.18. The van der Waals surface area contributed by atoms with E-state index in [0.29, 0.717) is 25.1 Å². The molecule has 26 heavy (non-hydrogen) atoms. The Labute approximate surface area is 160 Å². The fourth-order valence-electron chi connectivity index (χ4n) is 2.37. The molecule has 0 aliphatic rings. The summed E-state index contributed by atoms with van der Waals surface area (Å²) in [6.45, 7) is 0.668. The lowest BCUT2D eigenvalue weighted by atomic mass is 10.1. The van der Waals surface area contributed by atoms with Gasteiger partial charge >= 0.3 is 0 Å². The van der Waals surface area contributed by atoms with Gasteiger partial charge in [0.2, 0.25) is 5.28 Å². The van der Waals surface area contributed by atoms with Crippen molar-refractivity contribution in [3.8, 4) is 0 Å². The molecule has 0 aliphatic carbocycles. The van der Waals surface area contributed by atoms with Crippen molar-refractivity contribution >= 4 is 29.2 Å². The molecule has 2 heterocycles. The molecule has 5 nitrogen and oxygen atoms in total. The molecule has 0 unspecified atom stereocenters. The number of benzene rings is 1. The maximum absolute atomic E-state index is 13.6. The molecule has 0 radical (unpaired) electrons. The maximum atomic E-state index is 13.6. The van der Waals surface area contributed by atoms with Crippen molar-refractivity contribution in [2.75, 3.05) is 11.6 Å². The summed E-state index contributed by atoms with van der Waals surface area (Å²) in [5.41, 5.74) is 2.58. The average molecular weight is 390 g/mol. The lowest BCUT2D eigenvalue weighted by molar-refractivity contribution is 0.589. The van der Waals surface area contributed by atoms with E-state index >= 15 is 0 Å². The number of halogens is 2. The van der Waals surface area contributed by atoms with Gasteiger partial charge in [-0.05, 0) is 47.9 Å². The highest BCUT2D eigenvalue weighted by Gasteiger charge is 2.06. The first-order valence-corrected chi connectivity index (χ1v) is 9.60. The smallest absolute Gasteiger partial charge is 0.222 e. The second-order valence-electron chi connectivity index (χ2n) is 5.53. The van der Waals surface area contributed by atoms with Gasteiger partial charge in [0.25, 0.3) is 0 Å². The minimum absolute atomic E-state index is 0.0668. The number of rotatable bonds is 7. The van der Waals surface area contributed by atoms with Crippen LogP contribution in [0.4, 0.5) is 10.2 Å². The molecule has 0 amide bonds. The summed E-state index contributed by atoms with van der Waals surface area (Å²) in [6.07, 6.45) is 5.95. The van der Waals surface area contributed by atoms with E-state index in [0.717, 1.165) is 28.3 Å². The van der Waals surface area contributed by atoms with Crippen LogP contribution in [0.3, 0.4) is 0 Å². The van der Waals surface area contributed by atoms with Crippen molar-refractivity contribution in [2.45, 2.75) is 24.5 Å². The molecule has 0 bridgehead atoms. The molecule has 0 atom stereocenters. The SMILES string of the molecule is CSc1nccc(NCc2ccc(CCc3nc(Cl)ncc3F)cc2)n1. The second kappa shape index (κ2) is 8.91. The fourth-order valence-corrected chi connectivity index (χ4v) is 2.88. The average Bonchev–Trinajstić information content (AvgIpc) is 2.68. The van der Waals surface area contributed by atoms with Crippen LogP contribution in [0, 0.1) is 5.82 Å². The van der Waals surface area contributed by atoms with Gasteiger partial charge in [-0.25, -0.2) is 24.3 Å². The largest absolute Gasteiger partial charge is 0.366 e. The fraction of sp³-hybridized carbons (Fsp3) is 0.222. The van der Waals surface area contributed by atoms with Gasteiger partial charge in [-0.2, -0.15) is 0 Å². The minimum Gasteiger partial charge on any atom is -0.366 e. The summed E-state index contributed by atoms with van der Waals surface area (Å²) in [6, 6.07) is 10.00. The van der Waals surface area contributed by atoms with Crippen LogP contribution in [-0.2, 0) is 19.4 Å². The van der Waals surface area contributed by atoms with E-state index in [1.54, 1.807) is 6.20 Å². The Balaban J connectivity index is 1.55. The zero-order chi connectivity index (χ0) is 18.4. The lowest BCUT2D eigenvalue weighted by Gasteiger charge is -2.08. The van der Waals surface area contributed by atoms with Crippen molar-refractivity contribution < 1.29 is 4.39 Å². The number of nitrogens with one attached hydrogen (secondary N) is 1. The van der Waals surface area contributed by atoms with Crippen LogP contribution in [0.25, 0.3) is 0 Å². The molecule has 3 aromatic rings. The van der Waals surface area contributed by atoms with Crippen LogP contribution in [0.1, 0.15) is 16.8 Å². The van der Waals surface area contributed by atoms with Gasteiger partial charge in [-0.3, -0.25) is 0 Å². The third-order valence-corrected chi connectivity index (χ3v) is 4.49. The third kappa shape index (κ3) is 5.12. The molecule has 0 aliphatic heterocycles. The normalized spacial score (nSPS) is 10.7. The summed E-state index contributed by atoms with van der Waals surface area (Å²) in [4.78, 5) is 16.1. The molecular weight excluding hydrogens is 373 g/mol.